The SMILES string of the molecule is COc1cccc(N2CCN(C(=O)NC(C)c3cc(F)c(Cl)cc3Cl)CC2)c1. The fraction of sp³-hybridized carbons (Fsp3) is 0.350. The van der Waals surface area contributed by atoms with Gasteiger partial charge in [-0.1, -0.05) is 29.3 Å². The van der Waals surface area contributed by atoms with Gasteiger partial charge in [-0.3, -0.25) is 0 Å². The van der Waals surface area contributed by atoms with E-state index in [1.165, 1.54) is 12.1 Å². The first-order valence-electron chi connectivity index (χ1n) is 8.98. The predicted octanol–water partition coefficient (Wildman–Crippen LogP) is 4.73. The topological polar surface area (TPSA) is 44.8 Å². The summed E-state index contributed by atoms with van der Waals surface area (Å²) in [6, 6.07) is 9.82. The summed E-state index contributed by atoms with van der Waals surface area (Å²) < 4.78 is 19.0. The molecule has 1 N–H and O–H groups in total. The summed E-state index contributed by atoms with van der Waals surface area (Å²) in [5, 5.41) is 3.16. The molecular formula is C20H22Cl2FN3O2. The van der Waals surface area contributed by atoms with Crippen molar-refractivity contribution >= 4 is 34.9 Å². The molecule has 0 bridgehead atoms. The highest BCUT2D eigenvalue weighted by atomic mass is 35.5. The minimum atomic E-state index is -0.561. The number of carbonyl (C=O) groups excluding carboxylic acids is 1. The van der Waals surface area contributed by atoms with E-state index in [1.54, 1.807) is 18.9 Å². The fourth-order valence-electron chi connectivity index (χ4n) is 3.20. The van der Waals surface area contributed by atoms with Gasteiger partial charge in [0.05, 0.1) is 18.2 Å². The Morgan fingerprint density at radius 1 is 1.14 bits per heavy atom. The molecule has 1 aliphatic heterocycles. The number of methoxy groups -OCH3 is 1. The van der Waals surface area contributed by atoms with Gasteiger partial charge in [0.15, 0.2) is 0 Å². The molecular weight excluding hydrogens is 404 g/mol. The Bertz CT molecular complexity index is 857. The van der Waals surface area contributed by atoms with Gasteiger partial charge in [-0.05, 0) is 36.8 Å². The van der Waals surface area contributed by atoms with E-state index in [9.17, 15) is 9.18 Å². The lowest BCUT2D eigenvalue weighted by Crippen LogP contribution is -2.52. The van der Waals surface area contributed by atoms with Crippen LogP contribution in [-0.2, 0) is 0 Å². The van der Waals surface area contributed by atoms with E-state index in [-0.39, 0.29) is 11.1 Å². The summed E-state index contributed by atoms with van der Waals surface area (Å²) >= 11 is 11.9. The van der Waals surface area contributed by atoms with Crippen LogP contribution in [0.2, 0.25) is 10.0 Å². The van der Waals surface area contributed by atoms with Crippen LogP contribution in [0.3, 0.4) is 0 Å². The van der Waals surface area contributed by atoms with Crippen molar-refractivity contribution in [2.24, 2.45) is 0 Å². The third-order valence-corrected chi connectivity index (χ3v) is 5.45. The molecule has 150 valence electrons. The number of amides is 2. The van der Waals surface area contributed by atoms with E-state index in [1.807, 2.05) is 24.3 Å². The number of hydrogen-bond acceptors (Lipinski definition) is 3. The maximum Gasteiger partial charge on any atom is 0.317 e. The number of carbonyl (C=O) groups is 1. The van der Waals surface area contributed by atoms with Gasteiger partial charge in [0.1, 0.15) is 11.6 Å². The minimum absolute atomic E-state index is 0.0408. The quantitative estimate of drug-likeness (QED) is 0.719. The Kier molecular flexibility index (Phi) is 6.52. The molecule has 1 fully saturated rings. The lowest BCUT2D eigenvalue weighted by atomic mass is 10.1. The van der Waals surface area contributed by atoms with E-state index in [0.29, 0.717) is 36.8 Å². The standard InChI is InChI=1S/C20H22Cl2FN3O2/c1-13(16-11-19(23)18(22)12-17(16)21)24-20(27)26-8-6-25(7-9-26)14-4-3-5-15(10-14)28-2/h3-5,10-13H,6-9H2,1-2H3,(H,24,27). The smallest absolute Gasteiger partial charge is 0.317 e. The third kappa shape index (κ3) is 4.62. The van der Waals surface area contributed by atoms with Crippen LogP contribution in [0.4, 0.5) is 14.9 Å². The summed E-state index contributed by atoms with van der Waals surface area (Å²) in [5.41, 5.74) is 1.56. The average Bonchev–Trinajstić information content (AvgIpc) is 2.70. The average molecular weight is 426 g/mol. The molecule has 3 rings (SSSR count). The Morgan fingerprint density at radius 2 is 1.86 bits per heavy atom. The van der Waals surface area contributed by atoms with Gasteiger partial charge in [0.25, 0.3) is 0 Å². The first kappa shape index (κ1) is 20.6. The molecule has 1 unspecified atom stereocenters. The molecule has 0 radical (unpaired) electrons. The molecule has 1 heterocycles. The summed E-state index contributed by atoms with van der Waals surface area (Å²) in [5.74, 6) is 0.243. The third-order valence-electron chi connectivity index (χ3n) is 4.83. The largest absolute Gasteiger partial charge is 0.497 e. The molecule has 0 aromatic heterocycles. The van der Waals surface area contributed by atoms with Crippen LogP contribution in [-0.4, -0.2) is 44.2 Å². The summed E-state index contributed by atoms with van der Waals surface area (Å²) in [6.07, 6.45) is 0. The van der Waals surface area contributed by atoms with E-state index < -0.39 is 11.9 Å². The second kappa shape index (κ2) is 8.88. The number of rotatable bonds is 4. The normalized spacial score (nSPS) is 15.3. The number of urea groups is 1. The van der Waals surface area contributed by atoms with Crippen molar-refractivity contribution in [3.05, 3.63) is 57.8 Å². The number of piperazine rings is 1. The van der Waals surface area contributed by atoms with Crippen molar-refractivity contribution in [2.45, 2.75) is 13.0 Å². The number of ether oxygens (including phenoxy) is 1. The second-order valence-electron chi connectivity index (χ2n) is 6.63. The molecule has 0 spiro atoms. The number of hydrogen-bond donors (Lipinski definition) is 1. The first-order valence-corrected chi connectivity index (χ1v) is 9.73. The Morgan fingerprint density at radius 3 is 2.54 bits per heavy atom. The minimum Gasteiger partial charge on any atom is -0.497 e. The molecule has 28 heavy (non-hydrogen) atoms. The molecule has 0 saturated carbocycles. The zero-order valence-electron chi connectivity index (χ0n) is 15.7. The first-order chi connectivity index (χ1) is 13.4. The highest BCUT2D eigenvalue weighted by molar-refractivity contribution is 6.35. The molecule has 1 atom stereocenters. The van der Waals surface area contributed by atoms with Crippen molar-refractivity contribution < 1.29 is 13.9 Å². The molecule has 1 aliphatic rings. The fourth-order valence-corrected chi connectivity index (χ4v) is 3.75. The van der Waals surface area contributed by atoms with Gasteiger partial charge in [0.2, 0.25) is 0 Å². The van der Waals surface area contributed by atoms with Gasteiger partial charge < -0.3 is 19.9 Å². The molecule has 0 aliphatic carbocycles. The van der Waals surface area contributed by atoms with Crippen LogP contribution in [0.1, 0.15) is 18.5 Å². The number of nitrogens with zero attached hydrogens (tertiary/aromatic N) is 2. The van der Waals surface area contributed by atoms with Crippen molar-refractivity contribution in [2.75, 3.05) is 38.2 Å². The number of halogens is 3. The highest BCUT2D eigenvalue weighted by Gasteiger charge is 2.23. The monoisotopic (exact) mass is 425 g/mol. The molecule has 1 saturated heterocycles. The Labute approximate surface area is 174 Å². The number of nitrogens with one attached hydrogen (secondary N) is 1. The summed E-state index contributed by atoms with van der Waals surface area (Å²) in [6.45, 7) is 4.35. The maximum atomic E-state index is 13.7. The van der Waals surface area contributed by atoms with E-state index in [0.717, 1.165) is 11.4 Å². The van der Waals surface area contributed by atoms with E-state index in [2.05, 4.69) is 10.2 Å². The molecule has 2 amide bonds. The van der Waals surface area contributed by atoms with Crippen LogP contribution >= 0.6 is 23.2 Å². The predicted molar refractivity (Wildman–Crippen MR) is 110 cm³/mol. The van der Waals surface area contributed by atoms with Crippen LogP contribution in [0.25, 0.3) is 0 Å². The zero-order chi connectivity index (χ0) is 20.3. The van der Waals surface area contributed by atoms with Crippen molar-refractivity contribution in [3.8, 4) is 5.75 Å². The van der Waals surface area contributed by atoms with Gasteiger partial charge in [-0.25, -0.2) is 9.18 Å². The van der Waals surface area contributed by atoms with Crippen molar-refractivity contribution in [1.82, 2.24) is 10.2 Å². The van der Waals surface area contributed by atoms with E-state index in [4.69, 9.17) is 27.9 Å². The lowest BCUT2D eigenvalue weighted by Gasteiger charge is -2.36. The summed E-state index contributed by atoms with van der Waals surface area (Å²) in [7, 11) is 1.64. The van der Waals surface area contributed by atoms with Crippen LogP contribution in [0.5, 0.6) is 5.75 Å². The molecule has 8 heteroatoms. The highest BCUT2D eigenvalue weighted by Crippen LogP contribution is 2.29. The van der Waals surface area contributed by atoms with E-state index >= 15 is 0 Å². The molecule has 2 aromatic carbocycles. The van der Waals surface area contributed by atoms with Crippen molar-refractivity contribution in [1.29, 1.82) is 0 Å². The van der Waals surface area contributed by atoms with Gasteiger partial charge in [0, 0.05) is 43.0 Å². The second-order valence-corrected chi connectivity index (χ2v) is 7.45. The number of anilines is 1. The van der Waals surface area contributed by atoms with Crippen LogP contribution in [0, 0.1) is 5.82 Å². The Balaban J connectivity index is 1.58. The molecule has 5 nitrogen and oxygen atoms in total. The van der Waals surface area contributed by atoms with Gasteiger partial charge in [-0.15, -0.1) is 0 Å². The van der Waals surface area contributed by atoms with Crippen molar-refractivity contribution in [3.63, 3.8) is 0 Å². The zero-order valence-corrected chi connectivity index (χ0v) is 17.2. The maximum absolute atomic E-state index is 13.7. The Hall–Kier alpha value is -2.18. The number of benzene rings is 2. The lowest BCUT2D eigenvalue weighted by molar-refractivity contribution is 0.191. The summed E-state index contributed by atoms with van der Waals surface area (Å²) in [4.78, 5) is 16.6. The van der Waals surface area contributed by atoms with Gasteiger partial charge >= 0.3 is 6.03 Å². The van der Waals surface area contributed by atoms with Gasteiger partial charge in [-0.2, -0.15) is 0 Å². The van der Waals surface area contributed by atoms with Crippen LogP contribution < -0.4 is 15.0 Å². The molecule has 2 aromatic rings. The van der Waals surface area contributed by atoms with Crippen LogP contribution in [0.15, 0.2) is 36.4 Å².